The first-order valence-corrected chi connectivity index (χ1v) is 11.5. The van der Waals surface area contributed by atoms with E-state index < -0.39 is 29.8 Å². The van der Waals surface area contributed by atoms with Crippen molar-refractivity contribution in [3.63, 3.8) is 0 Å². The summed E-state index contributed by atoms with van der Waals surface area (Å²) in [7, 11) is 1.16. The summed E-state index contributed by atoms with van der Waals surface area (Å²) in [6.45, 7) is -0.382. The number of allylic oxidation sites excluding steroid dienone is 1. The molecule has 9 nitrogen and oxygen atoms in total. The highest BCUT2D eigenvalue weighted by atomic mass is 16.5. The number of amides is 1. The minimum atomic E-state index is -1.88. The predicted octanol–water partition coefficient (Wildman–Crippen LogP) is 2.40. The van der Waals surface area contributed by atoms with E-state index in [-0.39, 0.29) is 41.6 Å². The van der Waals surface area contributed by atoms with E-state index in [9.17, 15) is 19.2 Å². The molecule has 2 aromatic rings. The van der Waals surface area contributed by atoms with Crippen molar-refractivity contribution in [1.29, 1.82) is 0 Å². The fraction of sp³-hybridized carbons (Fsp3) is 0.259. The Kier molecular flexibility index (Phi) is 5.83. The van der Waals surface area contributed by atoms with Gasteiger partial charge in [-0.05, 0) is 18.1 Å². The highest BCUT2D eigenvalue weighted by Crippen LogP contribution is 2.56. The van der Waals surface area contributed by atoms with Gasteiger partial charge in [0.25, 0.3) is 0 Å². The van der Waals surface area contributed by atoms with Crippen LogP contribution >= 0.6 is 0 Å². The van der Waals surface area contributed by atoms with E-state index in [1.54, 1.807) is 24.3 Å². The summed E-state index contributed by atoms with van der Waals surface area (Å²) in [6, 6.07) is 15.9. The van der Waals surface area contributed by atoms with Crippen LogP contribution in [0.25, 0.3) is 0 Å². The molecule has 0 saturated carbocycles. The Morgan fingerprint density at radius 2 is 1.78 bits per heavy atom. The molecule has 0 saturated heterocycles. The lowest BCUT2D eigenvalue weighted by Gasteiger charge is -2.38. The van der Waals surface area contributed by atoms with Crippen LogP contribution in [0.1, 0.15) is 30.4 Å². The molecule has 1 atom stereocenters. The molecule has 2 aromatic carbocycles. The largest absolute Gasteiger partial charge is 0.465 e. The summed E-state index contributed by atoms with van der Waals surface area (Å²) in [5.74, 6) is -2.56. The number of benzene rings is 2. The Bertz CT molecular complexity index is 1340. The van der Waals surface area contributed by atoms with E-state index in [1.165, 1.54) is 4.90 Å². The van der Waals surface area contributed by atoms with Gasteiger partial charge in [-0.3, -0.25) is 19.3 Å². The number of esters is 2. The first kappa shape index (κ1) is 23.3. The first-order chi connectivity index (χ1) is 17.4. The van der Waals surface area contributed by atoms with Crippen molar-refractivity contribution in [3.05, 3.63) is 88.5 Å². The number of methoxy groups -OCH3 is 1. The molecule has 1 aliphatic carbocycles. The molecule has 0 radical (unpaired) electrons. The molecule has 3 aliphatic rings. The van der Waals surface area contributed by atoms with Crippen molar-refractivity contribution in [3.8, 4) is 0 Å². The SMILES string of the molecule is COC(=O)C1=C(N)OC2=C(C(=O)CCC2)[C@@]12C(=O)N(CC(=O)OCc1ccccc1)c1ccccc12. The van der Waals surface area contributed by atoms with E-state index in [4.69, 9.17) is 19.9 Å². The van der Waals surface area contributed by atoms with Crippen LogP contribution in [0.2, 0.25) is 0 Å². The molecular formula is C27H24N2O7. The van der Waals surface area contributed by atoms with Crippen molar-refractivity contribution < 1.29 is 33.4 Å². The second-order valence-corrected chi connectivity index (χ2v) is 8.71. The predicted molar refractivity (Wildman–Crippen MR) is 127 cm³/mol. The highest BCUT2D eigenvalue weighted by molar-refractivity contribution is 6.24. The Morgan fingerprint density at radius 3 is 2.53 bits per heavy atom. The maximum Gasteiger partial charge on any atom is 0.340 e. The number of hydrogen-bond acceptors (Lipinski definition) is 8. The van der Waals surface area contributed by atoms with Gasteiger partial charge in [-0.1, -0.05) is 48.5 Å². The summed E-state index contributed by atoms with van der Waals surface area (Å²) in [4.78, 5) is 54.7. The van der Waals surface area contributed by atoms with Crippen LogP contribution < -0.4 is 10.6 Å². The minimum absolute atomic E-state index is 0.0381. The number of nitrogens with two attached hydrogens (primary N) is 1. The molecule has 2 N–H and O–H groups in total. The van der Waals surface area contributed by atoms with Gasteiger partial charge in [0.05, 0.1) is 12.7 Å². The topological polar surface area (TPSA) is 125 Å². The third-order valence-corrected chi connectivity index (χ3v) is 6.68. The summed E-state index contributed by atoms with van der Waals surface area (Å²) in [5, 5.41) is 0. The zero-order valence-electron chi connectivity index (χ0n) is 19.6. The Balaban J connectivity index is 1.60. The third-order valence-electron chi connectivity index (χ3n) is 6.68. The first-order valence-electron chi connectivity index (χ1n) is 11.5. The number of rotatable bonds is 5. The molecule has 0 aromatic heterocycles. The van der Waals surface area contributed by atoms with Crippen LogP contribution in [0.15, 0.2) is 77.4 Å². The number of Topliss-reactive ketones (excluding diaryl/α,β-unsaturated/α-hetero) is 1. The zero-order chi connectivity index (χ0) is 25.4. The quantitative estimate of drug-likeness (QED) is 0.636. The van der Waals surface area contributed by atoms with Crippen LogP contribution in [-0.4, -0.2) is 37.3 Å². The van der Waals surface area contributed by atoms with E-state index in [2.05, 4.69) is 0 Å². The molecule has 0 unspecified atom stereocenters. The van der Waals surface area contributed by atoms with E-state index in [1.807, 2.05) is 30.3 Å². The maximum atomic E-state index is 14.3. The zero-order valence-corrected chi connectivity index (χ0v) is 19.6. The minimum Gasteiger partial charge on any atom is -0.465 e. The van der Waals surface area contributed by atoms with E-state index in [0.29, 0.717) is 24.1 Å². The standard InChI is InChI=1S/C27H24N2O7/c1-34-25(32)23-24(28)36-20-13-7-12-19(30)22(20)27(23)17-10-5-6-11-18(17)29(26(27)33)14-21(31)35-15-16-8-3-2-4-9-16/h2-6,8-11H,7,12-15,28H2,1H3/t27-/m1/s1. The summed E-state index contributed by atoms with van der Waals surface area (Å²) >= 11 is 0. The molecule has 184 valence electrons. The van der Waals surface area contributed by atoms with E-state index in [0.717, 1.165) is 12.7 Å². The maximum absolute atomic E-state index is 14.3. The molecule has 2 heterocycles. The molecule has 0 fully saturated rings. The van der Waals surface area contributed by atoms with Crippen LogP contribution in [0.4, 0.5) is 5.69 Å². The van der Waals surface area contributed by atoms with Crippen molar-refractivity contribution in [2.45, 2.75) is 31.3 Å². The normalized spacial score (nSPS) is 20.8. The van der Waals surface area contributed by atoms with Gasteiger partial charge in [0.15, 0.2) is 5.78 Å². The van der Waals surface area contributed by atoms with Gasteiger partial charge in [0, 0.05) is 24.1 Å². The average molecular weight is 488 g/mol. The van der Waals surface area contributed by atoms with Gasteiger partial charge in [-0.2, -0.15) is 0 Å². The van der Waals surface area contributed by atoms with Crippen LogP contribution in [0.3, 0.4) is 0 Å². The number of para-hydroxylation sites is 1. The highest BCUT2D eigenvalue weighted by Gasteiger charge is 2.63. The number of ketones is 1. The monoisotopic (exact) mass is 488 g/mol. The van der Waals surface area contributed by atoms with Gasteiger partial charge in [0.2, 0.25) is 11.8 Å². The lowest BCUT2D eigenvalue weighted by molar-refractivity contribution is -0.144. The number of fused-ring (bicyclic) bond motifs is 3. The van der Waals surface area contributed by atoms with Crippen molar-refractivity contribution in [1.82, 2.24) is 0 Å². The molecule has 0 bridgehead atoms. The lowest BCUT2D eigenvalue weighted by atomic mass is 9.64. The Labute approximate surface area is 207 Å². The smallest absolute Gasteiger partial charge is 0.340 e. The van der Waals surface area contributed by atoms with Crippen LogP contribution in [0.5, 0.6) is 0 Å². The van der Waals surface area contributed by atoms with Gasteiger partial charge >= 0.3 is 11.9 Å². The molecule has 9 heteroatoms. The van der Waals surface area contributed by atoms with Gasteiger partial charge in [-0.15, -0.1) is 0 Å². The average Bonchev–Trinajstić information content (AvgIpc) is 3.11. The number of ether oxygens (including phenoxy) is 3. The second kappa shape index (κ2) is 8.99. The van der Waals surface area contributed by atoms with Crippen molar-refractivity contribution in [2.24, 2.45) is 5.73 Å². The van der Waals surface area contributed by atoms with Gasteiger partial charge in [-0.25, -0.2) is 4.79 Å². The number of carbonyl (C=O) groups is 4. The molecule has 1 amide bonds. The molecule has 36 heavy (non-hydrogen) atoms. The fourth-order valence-corrected chi connectivity index (χ4v) is 5.19. The van der Waals surface area contributed by atoms with Crippen LogP contribution in [0, 0.1) is 0 Å². The Hall–Kier alpha value is -4.40. The van der Waals surface area contributed by atoms with Crippen LogP contribution in [-0.2, 0) is 45.4 Å². The van der Waals surface area contributed by atoms with Gasteiger partial charge in [0.1, 0.15) is 29.9 Å². The number of anilines is 1. The second-order valence-electron chi connectivity index (χ2n) is 8.71. The fourth-order valence-electron chi connectivity index (χ4n) is 5.19. The summed E-state index contributed by atoms with van der Waals surface area (Å²) in [6.07, 6.45) is 1.10. The number of carbonyl (C=O) groups excluding carboxylic acids is 4. The molecule has 2 aliphatic heterocycles. The van der Waals surface area contributed by atoms with E-state index >= 15 is 0 Å². The molecule has 1 spiro atoms. The van der Waals surface area contributed by atoms with Gasteiger partial charge < -0.3 is 19.9 Å². The van der Waals surface area contributed by atoms with Crippen molar-refractivity contribution >= 4 is 29.3 Å². The Morgan fingerprint density at radius 1 is 1.06 bits per heavy atom. The summed E-state index contributed by atoms with van der Waals surface area (Å²) in [5.41, 5.74) is 5.65. The lowest BCUT2D eigenvalue weighted by Crippen LogP contribution is -2.52. The van der Waals surface area contributed by atoms with Crippen molar-refractivity contribution in [2.75, 3.05) is 18.6 Å². The summed E-state index contributed by atoms with van der Waals surface area (Å²) < 4.78 is 16.1. The number of nitrogens with zero attached hydrogens (tertiary/aromatic N) is 1. The molecular weight excluding hydrogens is 464 g/mol. The third kappa shape index (κ3) is 3.46. The molecule has 5 rings (SSSR count). The number of hydrogen-bond donors (Lipinski definition) is 1.